The Hall–Kier alpha value is -2.45. The number of thiophene rings is 1. The van der Waals surface area contributed by atoms with Crippen LogP contribution in [-0.4, -0.2) is 30.2 Å². The fourth-order valence-corrected chi connectivity index (χ4v) is 4.85. The fourth-order valence-electron chi connectivity index (χ4n) is 3.31. The van der Waals surface area contributed by atoms with Gasteiger partial charge in [-0.3, -0.25) is 10.1 Å². The zero-order valence-corrected chi connectivity index (χ0v) is 19.0. The van der Waals surface area contributed by atoms with E-state index in [9.17, 15) is 9.59 Å². The van der Waals surface area contributed by atoms with Crippen LogP contribution in [-0.2, 0) is 17.6 Å². The molecule has 0 aliphatic heterocycles. The Balaban J connectivity index is 1.72. The summed E-state index contributed by atoms with van der Waals surface area (Å²) in [6, 6.07) is 6.98. The van der Waals surface area contributed by atoms with Crippen molar-refractivity contribution in [3.05, 3.63) is 45.8 Å². The van der Waals surface area contributed by atoms with Crippen molar-refractivity contribution < 1.29 is 19.1 Å². The van der Waals surface area contributed by atoms with Gasteiger partial charge in [-0.25, -0.2) is 4.79 Å². The molecule has 3 rings (SSSR count). The van der Waals surface area contributed by atoms with Crippen LogP contribution in [0.4, 0.5) is 5.00 Å². The van der Waals surface area contributed by atoms with Crippen molar-refractivity contribution in [2.24, 2.45) is 0 Å². The minimum absolute atomic E-state index is 0.0626. The summed E-state index contributed by atoms with van der Waals surface area (Å²) in [5, 5.41) is 6.46. The number of methoxy groups -OCH3 is 1. The number of anilines is 1. The molecule has 0 fully saturated rings. The molecule has 0 radical (unpaired) electrons. The van der Waals surface area contributed by atoms with Crippen molar-refractivity contribution in [2.75, 3.05) is 12.4 Å². The van der Waals surface area contributed by atoms with Crippen LogP contribution in [0, 0.1) is 0 Å². The minimum atomic E-state index is -0.388. The van der Waals surface area contributed by atoms with Crippen molar-refractivity contribution in [1.29, 1.82) is 0 Å². The quantitative estimate of drug-likeness (QED) is 0.494. The Morgan fingerprint density at radius 2 is 2.03 bits per heavy atom. The normalized spacial score (nSPS) is 13.7. The van der Waals surface area contributed by atoms with Crippen LogP contribution in [0.3, 0.4) is 0 Å². The molecule has 6 nitrogen and oxygen atoms in total. The highest BCUT2D eigenvalue weighted by atomic mass is 32.1. The summed E-state index contributed by atoms with van der Waals surface area (Å²) < 4.78 is 10.7. The van der Waals surface area contributed by atoms with E-state index in [0.29, 0.717) is 21.9 Å². The molecule has 1 aliphatic carbocycles. The van der Waals surface area contributed by atoms with Crippen LogP contribution in [0.25, 0.3) is 0 Å². The molecule has 0 bridgehead atoms. The standard InChI is InChI=1S/C22H26N2O4S2/c1-4-13(2)28-15-9-7-8-14(12-15)19(25)23-22(29)24-20-18(21(26)27-3)16-10-5-6-11-17(16)30-20/h7-9,12-13H,4-6,10-11H2,1-3H3,(H2,23,24,25,29). The first-order chi connectivity index (χ1) is 14.4. The van der Waals surface area contributed by atoms with Crippen LogP contribution in [0.15, 0.2) is 24.3 Å². The lowest BCUT2D eigenvalue weighted by Crippen LogP contribution is -2.34. The molecular formula is C22H26N2O4S2. The number of hydrogen-bond acceptors (Lipinski definition) is 6. The van der Waals surface area contributed by atoms with Gasteiger partial charge in [0.25, 0.3) is 5.91 Å². The molecule has 1 aromatic carbocycles. The van der Waals surface area contributed by atoms with Crippen LogP contribution in [0.5, 0.6) is 5.75 Å². The first-order valence-electron chi connectivity index (χ1n) is 10.0. The van der Waals surface area contributed by atoms with Gasteiger partial charge in [-0.2, -0.15) is 0 Å². The summed E-state index contributed by atoms with van der Waals surface area (Å²) in [5.41, 5.74) is 2.00. The lowest BCUT2D eigenvalue weighted by Gasteiger charge is -2.14. The number of carbonyl (C=O) groups excluding carboxylic acids is 2. The van der Waals surface area contributed by atoms with Gasteiger partial charge < -0.3 is 14.8 Å². The molecule has 1 aromatic heterocycles. The van der Waals surface area contributed by atoms with Gasteiger partial charge in [0, 0.05) is 10.4 Å². The summed E-state index contributed by atoms with van der Waals surface area (Å²) in [4.78, 5) is 26.2. The Bertz CT molecular complexity index is 955. The molecular weight excluding hydrogens is 420 g/mol. The van der Waals surface area contributed by atoms with Crippen LogP contribution >= 0.6 is 23.6 Å². The SMILES string of the molecule is CCC(C)Oc1cccc(C(=O)NC(=S)Nc2sc3c(c2C(=O)OC)CCCC3)c1. The van der Waals surface area contributed by atoms with Gasteiger partial charge in [0.1, 0.15) is 10.8 Å². The van der Waals surface area contributed by atoms with Gasteiger partial charge >= 0.3 is 5.97 Å². The monoisotopic (exact) mass is 446 g/mol. The number of amides is 1. The van der Waals surface area contributed by atoms with E-state index < -0.39 is 0 Å². The number of hydrogen-bond donors (Lipinski definition) is 2. The minimum Gasteiger partial charge on any atom is -0.491 e. The van der Waals surface area contributed by atoms with Crippen molar-refractivity contribution in [2.45, 2.75) is 52.1 Å². The number of benzene rings is 1. The zero-order valence-electron chi connectivity index (χ0n) is 17.4. The lowest BCUT2D eigenvalue weighted by molar-refractivity contribution is 0.0601. The van der Waals surface area contributed by atoms with Gasteiger partial charge in [-0.1, -0.05) is 13.0 Å². The average molecular weight is 447 g/mol. The molecule has 2 aromatic rings. The van der Waals surface area contributed by atoms with Gasteiger partial charge in [0.15, 0.2) is 5.11 Å². The van der Waals surface area contributed by atoms with E-state index in [1.807, 2.05) is 19.9 Å². The number of thiocarbonyl (C=S) groups is 1. The maximum Gasteiger partial charge on any atom is 0.341 e. The Morgan fingerprint density at radius 1 is 1.27 bits per heavy atom. The first kappa shape index (κ1) is 22.2. The predicted octanol–water partition coefficient (Wildman–Crippen LogP) is 4.72. The molecule has 0 spiro atoms. The molecule has 30 heavy (non-hydrogen) atoms. The average Bonchev–Trinajstić information content (AvgIpc) is 3.10. The second kappa shape index (κ2) is 10.0. The molecule has 1 amide bonds. The van der Waals surface area contributed by atoms with Crippen LogP contribution in [0.1, 0.15) is 64.3 Å². The van der Waals surface area contributed by atoms with Crippen molar-refractivity contribution >= 4 is 45.5 Å². The third-order valence-electron chi connectivity index (χ3n) is 5.02. The fraction of sp³-hybridized carbons (Fsp3) is 0.409. The van der Waals surface area contributed by atoms with E-state index in [1.165, 1.54) is 23.3 Å². The van der Waals surface area contributed by atoms with E-state index in [2.05, 4.69) is 10.6 Å². The highest BCUT2D eigenvalue weighted by Crippen LogP contribution is 2.38. The van der Waals surface area contributed by atoms with Crippen molar-refractivity contribution in [3.63, 3.8) is 0 Å². The summed E-state index contributed by atoms with van der Waals surface area (Å²) in [6.45, 7) is 4.02. The smallest absolute Gasteiger partial charge is 0.341 e. The number of carbonyl (C=O) groups is 2. The van der Waals surface area contributed by atoms with E-state index in [-0.39, 0.29) is 23.1 Å². The van der Waals surface area contributed by atoms with Gasteiger partial charge in [0.2, 0.25) is 0 Å². The first-order valence-corrected chi connectivity index (χ1v) is 11.3. The number of rotatable bonds is 6. The van der Waals surface area contributed by atoms with Crippen molar-refractivity contribution in [3.8, 4) is 5.75 Å². The third-order valence-corrected chi connectivity index (χ3v) is 6.43. The Kier molecular flexibility index (Phi) is 7.44. The van der Waals surface area contributed by atoms with E-state index in [0.717, 1.165) is 37.7 Å². The molecule has 2 N–H and O–H groups in total. The van der Waals surface area contributed by atoms with Gasteiger partial charge in [-0.05, 0) is 75.0 Å². The second-order valence-electron chi connectivity index (χ2n) is 7.18. The maximum absolute atomic E-state index is 12.6. The molecule has 0 saturated heterocycles. The molecule has 1 unspecified atom stereocenters. The van der Waals surface area contributed by atoms with Crippen LogP contribution in [0.2, 0.25) is 0 Å². The summed E-state index contributed by atoms with van der Waals surface area (Å²) in [6.07, 6.45) is 4.87. The summed E-state index contributed by atoms with van der Waals surface area (Å²) >= 11 is 6.84. The van der Waals surface area contributed by atoms with E-state index in [1.54, 1.807) is 18.2 Å². The largest absolute Gasteiger partial charge is 0.491 e. The molecule has 1 heterocycles. The predicted molar refractivity (Wildman–Crippen MR) is 123 cm³/mol. The number of aryl methyl sites for hydroxylation is 1. The molecule has 1 atom stereocenters. The molecule has 160 valence electrons. The third kappa shape index (κ3) is 5.17. The van der Waals surface area contributed by atoms with Gasteiger partial charge in [0.05, 0.1) is 18.8 Å². The van der Waals surface area contributed by atoms with Crippen molar-refractivity contribution in [1.82, 2.24) is 5.32 Å². The highest BCUT2D eigenvalue weighted by Gasteiger charge is 2.26. The zero-order chi connectivity index (χ0) is 21.7. The maximum atomic E-state index is 12.6. The number of fused-ring (bicyclic) bond motifs is 1. The van der Waals surface area contributed by atoms with E-state index in [4.69, 9.17) is 21.7 Å². The Labute approximate surface area is 186 Å². The van der Waals surface area contributed by atoms with E-state index >= 15 is 0 Å². The molecule has 1 aliphatic rings. The number of esters is 1. The second-order valence-corrected chi connectivity index (χ2v) is 8.69. The highest BCUT2D eigenvalue weighted by molar-refractivity contribution is 7.80. The summed E-state index contributed by atoms with van der Waals surface area (Å²) in [5.74, 6) is -0.0984. The number of ether oxygens (including phenoxy) is 2. The summed E-state index contributed by atoms with van der Waals surface area (Å²) in [7, 11) is 1.37. The lowest BCUT2D eigenvalue weighted by atomic mass is 9.95. The molecule has 8 heteroatoms. The molecule has 0 saturated carbocycles. The van der Waals surface area contributed by atoms with Crippen LogP contribution < -0.4 is 15.4 Å². The van der Waals surface area contributed by atoms with Gasteiger partial charge in [-0.15, -0.1) is 11.3 Å². The Morgan fingerprint density at radius 3 is 2.77 bits per heavy atom. The number of nitrogens with one attached hydrogen (secondary N) is 2. The topological polar surface area (TPSA) is 76.7 Å².